The molecule has 0 saturated carbocycles. The summed E-state index contributed by atoms with van der Waals surface area (Å²) in [5.41, 5.74) is 0. The smallest absolute Gasteiger partial charge is 0.247 e. The van der Waals surface area contributed by atoms with Gasteiger partial charge in [0.1, 0.15) is 6.04 Å². The summed E-state index contributed by atoms with van der Waals surface area (Å²) in [6.07, 6.45) is 3.86. The maximum absolute atomic E-state index is 12.2. The molecule has 3 atom stereocenters. The van der Waals surface area contributed by atoms with Crippen molar-refractivity contribution < 1.29 is 9.90 Å². The van der Waals surface area contributed by atoms with Gasteiger partial charge in [0.05, 0.1) is 6.10 Å². The highest BCUT2D eigenvalue weighted by Crippen LogP contribution is 2.19. The van der Waals surface area contributed by atoms with Crippen LogP contribution < -0.4 is 0 Å². The zero-order chi connectivity index (χ0) is 12.4. The topological polar surface area (TPSA) is 58.4 Å². The number of aromatic nitrogens is 2. The quantitative estimate of drug-likeness (QED) is 0.822. The Morgan fingerprint density at radius 2 is 2.35 bits per heavy atom. The highest BCUT2D eigenvalue weighted by Gasteiger charge is 2.30. The molecule has 0 bridgehead atoms. The minimum Gasteiger partial charge on any atom is -0.393 e. The van der Waals surface area contributed by atoms with Crippen LogP contribution in [-0.2, 0) is 4.79 Å². The molecular formula is C12H19N3O2. The van der Waals surface area contributed by atoms with E-state index in [0.29, 0.717) is 19.5 Å². The third-order valence-electron chi connectivity index (χ3n) is 3.45. The van der Waals surface area contributed by atoms with Crippen LogP contribution in [0.25, 0.3) is 0 Å². The minimum atomic E-state index is -0.279. The normalized spacial score (nSPS) is 26.9. The molecule has 1 aromatic rings. The van der Waals surface area contributed by atoms with Gasteiger partial charge < -0.3 is 10.0 Å². The van der Waals surface area contributed by atoms with E-state index in [1.54, 1.807) is 17.1 Å². The maximum atomic E-state index is 12.2. The average molecular weight is 237 g/mol. The standard InChI is InChI=1S/C12H19N3O2/c1-9-8-14(7-4-11(9)16)12(17)10(2)15-6-3-5-13-15/h3,5-6,9-11,16H,4,7-8H2,1-2H3. The van der Waals surface area contributed by atoms with Gasteiger partial charge in [0.15, 0.2) is 0 Å². The molecule has 0 aromatic carbocycles. The summed E-state index contributed by atoms with van der Waals surface area (Å²) in [6, 6.07) is 1.54. The van der Waals surface area contributed by atoms with E-state index in [0.717, 1.165) is 0 Å². The molecule has 94 valence electrons. The molecule has 17 heavy (non-hydrogen) atoms. The molecule has 0 radical (unpaired) electrons. The SMILES string of the molecule is CC1CN(C(=O)C(C)n2cccn2)CCC1O. The van der Waals surface area contributed by atoms with E-state index in [1.807, 2.05) is 24.8 Å². The number of amides is 1. The third-order valence-corrected chi connectivity index (χ3v) is 3.45. The molecule has 2 heterocycles. The Hall–Kier alpha value is -1.36. The highest BCUT2D eigenvalue weighted by atomic mass is 16.3. The molecule has 0 spiro atoms. The van der Waals surface area contributed by atoms with Gasteiger partial charge in [-0.15, -0.1) is 0 Å². The first kappa shape index (κ1) is 12.1. The molecule has 5 nitrogen and oxygen atoms in total. The second-order valence-electron chi connectivity index (χ2n) is 4.78. The zero-order valence-electron chi connectivity index (χ0n) is 10.3. The van der Waals surface area contributed by atoms with Gasteiger partial charge in [0, 0.05) is 25.5 Å². The molecule has 5 heteroatoms. The Bertz CT molecular complexity index is 377. The van der Waals surface area contributed by atoms with Crippen molar-refractivity contribution in [1.82, 2.24) is 14.7 Å². The average Bonchev–Trinajstić information content (AvgIpc) is 2.84. The zero-order valence-corrected chi connectivity index (χ0v) is 10.3. The number of carbonyl (C=O) groups is 1. The van der Waals surface area contributed by atoms with Crippen molar-refractivity contribution in [2.75, 3.05) is 13.1 Å². The van der Waals surface area contributed by atoms with E-state index < -0.39 is 0 Å². The first-order chi connectivity index (χ1) is 8.09. The van der Waals surface area contributed by atoms with Crippen LogP contribution in [0.15, 0.2) is 18.5 Å². The van der Waals surface area contributed by atoms with Crippen LogP contribution in [0.1, 0.15) is 26.3 Å². The fraction of sp³-hybridized carbons (Fsp3) is 0.667. The lowest BCUT2D eigenvalue weighted by Gasteiger charge is -2.35. The third kappa shape index (κ3) is 2.49. The van der Waals surface area contributed by atoms with Gasteiger partial charge in [-0.3, -0.25) is 9.48 Å². The Morgan fingerprint density at radius 1 is 1.59 bits per heavy atom. The minimum absolute atomic E-state index is 0.0763. The van der Waals surface area contributed by atoms with Gasteiger partial charge in [0.25, 0.3) is 0 Å². The molecule has 2 rings (SSSR count). The number of aliphatic hydroxyl groups is 1. The van der Waals surface area contributed by atoms with E-state index >= 15 is 0 Å². The van der Waals surface area contributed by atoms with E-state index in [2.05, 4.69) is 5.10 Å². The summed E-state index contributed by atoms with van der Waals surface area (Å²) in [7, 11) is 0. The van der Waals surface area contributed by atoms with Crippen LogP contribution in [0, 0.1) is 5.92 Å². The van der Waals surface area contributed by atoms with Crippen LogP contribution in [0.5, 0.6) is 0 Å². The summed E-state index contributed by atoms with van der Waals surface area (Å²) in [4.78, 5) is 14.1. The molecule has 1 amide bonds. The second kappa shape index (κ2) is 4.87. The number of piperidine rings is 1. The lowest BCUT2D eigenvalue weighted by Crippen LogP contribution is -2.47. The van der Waals surface area contributed by atoms with Gasteiger partial charge in [-0.25, -0.2) is 0 Å². The first-order valence-electron chi connectivity index (χ1n) is 6.05. The summed E-state index contributed by atoms with van der Waals surface area (Å²) < 4.78 is 1.66. The van der Waals surface area contributed by atoms with Crippen LogP contribution in [0.3, 0.4) is 0 Å². The van der Waals surface area contributed by atoms with Gasteiger partial charge in [-0.2, -0.15) is 5.10 Å². The van der Waals surface area contributed by atoms with E-state index in [4.69, 9.17) is 0 Å². The number of nitrogens with zero attached hydrogens (tertiary/aromatic N) is 3. The number of hydrogen-bond donors (Lipinski definition) is 1. The largest absolute Gasteiger partial charge is 0.393 e. The van der Waals surface area contributed by atoms with Gasteiger partial charge >= 0.3 is 0 Å². The van der Waals surface area contributed by atoms with Crippen LogP contribution in [0.4, 0.5) is 0 Å². The Balaban J connectivity index is 2.01. The number of hydrogen-bond acceptors (Lipinski definition) is 3. The van der Waals surface area contributed by atoms with Crippen molar-refractivity contribution in [1.29, 1.82) is 0 Å². The molecule has 1 aliphatic heterocycles. The van der Waals surface area contributed by atoms with E-state index in [-0.39, 0.29) is 24.0 Å². The molecular weight excluding hydrogens is 218 g/mol. The Kier molecular flexibility index (Phi) is 3.47. The summed E-state index contributed by atoms with van der Waals surface area (Å²) in [5.74, 6) is 0.227. The van der Waals surface area contributed by atoms with Crippen molar-refractivity contribution in [3.8, 4) is 0 Å². The highest BCUT2D eigenvalue weighted by molar-refractivity contribution is 5.80. The molecule has 1 aliphatic rings. The van der Waals surface area contributed by atoms with Crippen LogP contribution in [0.2, 0.25) is 0 Å². The maximum Gasteiger partial charge on any atom is 0.247 e. The Morgan fingerprint density at radius 3 is 2.94 bits per heavy atom. The second-order valence-corrected chi connectivity index (χ2v) is 4.78. The molecule has 3 unspecified atom stereocenters. The van der Waals surface area contributed by atoms with E-state index in [1.165, 1.54) is 0 Å². The number of aliphatic hydroxyl groups excluding tert-OH is 1. The molecule has 1 aromatic heterocycles. The number of likely N-dealkylation sites (tertiary alicyclic amines) is 1. The lowest BCUT2D eigenvalue weighted by molar-refractivity contribution is -0.138. The summed E-state index contributed by atoms with van der Waals surface area (Å²) in [6.45, 7) is 5.09. The molecule has 1 fully saturated rings. The fourth-order valence-electron chi connectivity index (χ4n) is 2.22. The lowest BCUT2D eigenvalue weighted by atomic mass is 9.96. The molecule has 0 aliphatic carbocycles. The van der Waals surface area contributed by atoms with Crippen molar-refractivity contribution >= 4 is 5.91 Å². The summed E-state index contributed by atoms with van der Waals surface area (Å²) >= 11 is 0. The van der Waals surface area contributed by atoms with Gasteiger partial charge in [-0.05, 0) is 25.3 Å². The van der Waals surface area contributed by atoms with E-state index in [9.17, 15) is 9.90 Å². The van der Waals surface area contributed by atoms with Crippen molar-refractivity contribution in [3.63, 3.8) is 0 Å². The molecule has 1 saturated heterocycles. The monoisotopic (exact) mass is 237 g/mol. The summed E-state index contributed by atoms with van der Waals surface area (Å²) in [5, 5.41) is 13.7. The fourth-order valence-corrected chi connectivity index (χ4v) is 2.22. The van der Waals surface area contributed by atoms with Gasteiger partial charge in [-0.1, -0.05) is 6.92 Å². The molecule has 1 N–H and O–H groups in total. The number of carbonyl (C=O) groups excluding carboxylic acids is 1. The van der Waals surface area contributed by atoms with Crippen LogP contribution in [-0.4, -0.2) is 44.9 Å². The number of rotatable bonds is 2. The Labute approximate surface area is 101 Å². The van der Waals surface area contributed by atoms with Crippen molar-refractivity contribution in [3.05, 3.63) is 18.5 Å². The predicted molar refractivity (Wildman–Crippen MR) is 63.3 cm³/mol. The predicted octanol–water partition coefficient (Wildman–Crippen LogP) is 0.673. The first-order valence-corrected chi connectivity index (χ1v) is 6.05. The van der Waals surface area contributed by atoms with Crippen molar-refractivity contribution in [2.45, 2.75) is 32.4 Å². The van der Waals surface area contributed by atoms with Gasteiger partial charge in [0.2, 0.25) is 5.91 Å². The van der Waals surface area contributed by atoms with Crippen molar-refractivity contribution in [2.24, 2.45) is 5.92 Å². The van der Waals surface area contributed by atoms with Crippen LogP contribution >= 0.6 is 0 Å².